The molecule has 1 atom stereocenters. The van der Waals surface area contributed by atoms with Crippen LogP contribution in [0.2, 0.25) is 0 Å². The third-order valence-corrected chi connectivity index (χ3v) is 4.85. The van der Waals surface area contributed by atoms with Gasteiger partial charge in [-0.3, -0.25) is 4.79 Å². The van der Waals surface area contributed by atoms with Crippen LogP contribution in [0.4, 0.5) is 0 Å². The first-order valence-electron chi connectivity index (χ1n) is 6.24. The minimum Gasteiger partial charge on any atom is -0.352 e. The van der Waals surface area contributed by atoms with Crippen molar-refractivity contribution in [3.05, 3.63) is 55.8 Å². The number of carbonyl (C=O) groups is 1. The molecule has 0 saturated carbocycles. The maximum absolute atomic E-state index is 11.9. The molecule has 1 amide bonds. The van der Waals surface area contributed by atoms with Crippen LogP contribution in [0.5, 0.6) is 0 Å². The maximum atomic E-state index is 11.9. The number of hydrogen-bond donors (Lipinski definition) is 1. The van der Waals surface area contributed by atoms with Gasteiger partial charge in [-0.2, -0.15) is 0 Å². The predicted molar refractivity (Wildman–Crippen MR) is 88.8 cm³/mol. The molecule has 0 saturated heterocycles. The molecule has 0 spiro atoms. The first-order valence-corrected chi connectivity index (χ1v) is 8.20. The van der Waals surface area contributed by atoms with Gasteiger partial charge >= 0.3 is 0 Å². The Bertz CT molecular complexity index is 538. The monoisotopic (exact) mass is 385 g/mol. The SMILES string of the molecule is CC(CCNC(=O)c1csc(I)c1)c1ccccc1. The minimum atomic E-state index is 0.0272. The predicted octanol–water partition coefficient (Wildman–Crippen LogP) is 4.28. The van der Waals surface area contributed by atoms with Gasteiger partial charge < -0.3 is 5.32 Å². The summed E-state index contributed by atoms with van der Waals surface area (Å²) in [6.45, 7) is 2.90. The van der Waals surface area contributed by atoms with E-state index in [0.29, 0.717) is 12.5 Å². The van der Waals surface area contributed by atoms with Crippen LogP contribution in [0.15, 0.2) is 41.8 Å². The second-order valence-corrected chi connectivity index (χ2v) is 7.30. The van der Waals surface area contributed by atoms with Crippen LogP contribution in [0.1, 0.15) is 35.2 Å². The van der Waals surface area contributed by atoms with E-state index in [-0.39, 0.29) is 5.91 Å². The van der Waals surface area contributed by atoms with Crippen LogP contribution < -0.4 is 5.32 Å². The van der Waals surface area contributed by atoms with Crippen molar-refractivity contribution in [1.29, 1.82) is 0 Å². The molecule has 100 valence electrons. The third-order valence-electron chi connectivity index (χ3n) is 3.06. The van der Waals surface area contributed by atoms with E-state index in [4.69, 9.17) is 0 Å². The normalized spacial score (nSPS) is 12.1. The second-order valence-electron chi connectivity index (χ2n) is 4.50. The maximum Gasteiger partial charge on any atom is 0.252 e. The Balaban J connectivity index is 1.79. The van der Waals surface area contributed by atoms with E-state index < -0.39 is 0 Å². The molecule has 1 aromatic carbocycles. The molecule has 2 rings (SSSR count). The summed E-state index contributed by atoms with van der Waals surface area (Å²) in [6, 6.07) is 12.3. The molecule has 1 aromatic heterocycles. The van der Waals surface area contributed by atoms with Crippen molar-refractivity contribution in [2.45, 2.75) is 19.3 Å². The van der Waals surface area contributed by atoms with Gasteiger partial charge in [-0.05, 0) is 46.6 Å². The smallest absolute Gasteiger partial charge is 0.252 e. The molecule has 0 bridgehead atoms. The number of benzene rings is 1. The van der Waals surface area contributed by atoms with Gasteiger partial charge in [-0.1, -0.05) is 37.3 Å². The molecule has 0 aliphatic rings. The lowest BCUT2D eigenvalue weighted by Gasteiger charge is -2.12. The Morgan fingerprint density at radius 2 is 2.11 bits per heavy atom. The molecule has 19 heavy (non-hydrogen) atoms. The number of carbonyl (C=O) groups excluding carboxylic acids is 1. The third kappa shape index (κ3) is 4.31. The lowest BCUT2D eigenvalue weighted by atomic mass is 9.98. The topological polar surface area (TPSA) is 29.1 Å². The largest absolute Gasteiger partial charge is 0.352 e. The van der Waals surface area contributed by atoms with Gasteiger partial charge in [-0.15, -0.1) is 11.3 Å². The fraction of sp³-hybridized carbons (Fsp3) is 0.267. The van der Waals surface area contributed by atoms with E-state index in [9.17, 15) is 4.79 Å². The standard InChI is InChI=1S/C15H16INOS/c1-11(12-5-3-2-4-6-12)7-8-17-15(18)13-9-14(16)19-10-13/h2-6,9-11H,7-8H2,1H3,(H,17,18). The summed E-state index contributed by atoms with van der Waals surface area (Å²) in [5.74, 6) is 0.489. The zero-order valence-corrected chi connectivity index (χ0v) is 13.7. The van der Waals surface area contributed by atoms with Crippen molar-refractivity contribution in [1.82, 2.24) is 5.32 Å². The van der Waals surface area contributed by atoms with Crippen molar-refractivity contribution in [3.8, 4) is 0 Å². The van der Waals surface area contributed by atoms with Crippen molar-refractivity contribution in [3.63, 3.8) is 0 Å². The number of amides is 1. The molecule has 0 aliphatic heterocycles. The first kappa shape index (κ1) is 14.5. The van der Waals surface area contributed by atoms with E-state index in [2.05, 4.69) is 59.1 Å². The molecule has 0 aliphatic carbocycles. The molecule has 4 heteroatoms. The molecule has 1 unspecified atom stereocenters. The van der Waals surface area contributed by atoms with Crippen LogP contribution >= 0.6 is 33.9 Å². The summed E-state index contributed by atoms with van der Waals surface area (Å²) >= 11 is 3.82. The highest BCUT2D eigenvalue weighted by Gasteiger charge is 2.09. The Hall–Kier alpha value is -0.880. The highest BCUT2D eigenvalue weighted by atomic mass is 127. The van der Waals surface area contributed by atoms with Crippen molar-refractivity contribution in [2.24, 2.45) is 0 Å². The van der Waals surface area contributed by atoms with Gasteiger partial charge in [0.1, 0.15) is 0 Å². The zero-order chi connectivity index (χ0) is 13.7. The van der Waals surface area contributed by atoms with E-state index in [0.717, 1.165) is 14.9 Å². The van der Waals surface area contributed by atoms with Gasteiger partial charge in [0.05, 0.1) is 8.45 Å². The fourth-order valence-electron chi connectivity index (χ4n) is 1.88. The number of rotatable bonds is 5. The van der Waals surface area contributed by atoms with Crippen molar-refractivity contribution >= 4 is 39.8 Å². The van der Waals surface area contributed by atoms with Gasteiger partial charge in [0.25, 0.3) is 5.91 Å². The Morgan fingerprint density at radius 3 is 2.74 bits per heavy atom. The second kappa shape index (κ2) is 7.05. The number of halogens is 1. The Kier molecular flexibility index (Phi) is 5.39. The average Bonchev–Trinajstić information content (AvgIpc) is 2.86. The summed E-state index contributed by atoms with van der Waals surface area (Å²) in [5, 5.41) is 4.88. The summed E-state index contributed by atoms with van der Waals surface area (Å²) in [7, 11) is 0. The van der Waals surface area contributed by atoms with Crippen LogP contribution in [-0.2, 0) is 0 Å². The molecule has 1 N–H and O–H groups in total. The van der Waals surface area contributed by atoms with Crippen molar-refractivity contribution < 1.29 is 4.79 Å². The molecule has 0 radical (unpaired) electrons. The van der Waals surface area contributed by atoms with Crippen molar-refractivity contribution in [2.75, 3.05) is 6.54 Å². The zero-order valence-electron chi connectivity index (χ0n) is 10.7. The fourth-order valence-corrected chi connectivity index (χ4v) is 3.21. The Morgan fingerprint density at radius 1 is 1.37 bits per heavy atom. The van der Waals surface area contributed by atoms with E-state index in [1.54, 1.807) is 11.3 Å². The molecular formula is C15H16INOS. The Labute approximate surface area is 131 Å². The summed E-state index contributed by atoms with van der Waals surface area (Å²) in [6.07, 6.45) is 0.955. The van der Waals surface area contributed by atoms with E-state index >= 15 is 0 Å². The number of thiophene rings is 1. The first-order chi connectivity index (χ1) is 9.16. The van der Waals surface area contributed by atoms with E-state index in [1.165, 1.54) is 5.56 Å². The average molecular weight is 385 g/mol. The highest BCUT2D eigenvalue weighted by Crippen LogP contribution is 2.18. The molecular weight excluding hydrogens is 369 g/mol. The van der Waals surface area contributed by atoms with Gasteiger partial charge in [0.2, 0.25) is 0 Å². The van der Waals surface area contributed by atoms with Gasteiger partial charge in [0, 0.05) is 11.9 Å². The minimum absolute atomic E-state index is 0.0272. The molecule has 0 fully saturated rings. The molecule has 2 nitrogen and oxygen atoms in total. The van der Waals surface area contributed by atoms with Crippen LogP contribution in [-0.4, -0.2) is 12.5 Å². The molecule has 1 heterocycles. The summed E-state index contributed by atoms with van der Waals surface area (Å²) in [4.78, 5) is 11.9. The lowest BCUT2D eigenvalue weighted by molar-refractivity contribution is 0.0953. The van der Waals surface area contributed by atoms with Gasteiger partial charge in [-0.25, -0.2) is 0 Å². The summed E-state index contributed by atoms with van der Waals surface area (Å²) < 4.78 is 1.14. The van der Waals surface area contributed by atoms with E-state index in [1.807, 2.05) is 17.5 Å². The quantitative estimate of drug-likeness (QED) is 0.765. The molecule has 2 aromatic rings. The lowest BCUT2D eigenvalue weighted by Crippen LogP contribution is -2.24. The summed E-state index contributed by atoms with van der Waals surface area (Å²) in [5.41, 5.74) is 2.09. The number of hydrogen-bond acceptors (Lipinski definition) is 2. The number of nitrogens with one attached hydrogen (secondary N) is 1. The van der Waals surface area contributed by atoms with Crippen LogP contribution in [0.3, 0.4) is 0 Å². The van der Waals surface area contributed by atoms with Crippen LogP contribution in [0, 0.1) is 2.88 Å². The van der Waals surface area contributed by atoms with Gasteiger partial charge in [0.15, 0.2) is 0 Å². The highest BCUT2D eigenvalue weighted by molar-refractivity contribution is 14.1. The van der Waals surface area contributed by atoms with Crippen LogP contribution in [0.25, 0.3) is 0 Å².